The van der Waals surface area contributed by atoms with Crippen LogP contribution in [0.15, 0.2) is 121 Å². The number of aryl methyl sites for hydroxylation is 2. The van der Waals surface area contributed by atoms with Gasteiger partial charge in [0.15, 0.2) is 0 Å². The van der Waals surface area contributed by atoms with E-state index in [1.54, 1.807) is 0 Å². The van der Waals surface area contributed by atoms with E-state index >= 15 is 0 Å². The van der Waals surface area contributed by atoms with Crippen LogP contribution in [0.2, 0.25) is 0 Å². The molecule has 11 heteroatoms. The van der Waals surface area contributed by atoms with Gasteiger partial charge in [-0.2, -0.15) is 4.31 Å². The van der Waals surface area contributed by atoms with Crippen molar-refractivity contribution in [2.45, 2.75) is 13.8 Å². The van der Waals surface area contributed by atoms with Crippen LogP contribution >= 0.6 is 15.6 Å². The van der Waals surface area contributed by atoms with Gasteiger partial charge < -0.3 is 29.0 Å². The largest absolute Gasteiger partial charge is 0.478 e. The Morgan fingerprint density at radius 2 is 1.00 bits per heavy atom. The van der Waals surface area contributed by atoms with Gasteiger partial charge in [0.1, 0.15) is 23.0 Å². The van der Waals surface area contributed by atoms with Crippen LogP contribution in [0.3, 0.4) is 0 Å². The number of hydrogen-bond acceptors (Lipinski definition) is 5. The average molecular weight is 621 g/mol. The first-order valence-electron chi connectivity index (χ1n) is 13.0. The molecule has 43 heavy (non-hydrogen) atoms. The molecule has 0 heterocycles. The van der Waals surface area contributed by atoms with E-state index in [9.17, 15) is 9.13 Å². The molecule has 0 aliphatic carbocycles. The van der Waals surface area contributed by atoms with Crippen LogP contribution in [-0.4, -0.2) is 19.6 Å². The SMILES string of the molecule is Cc1ccc(Oc2ccc(-c3ccccc3)c(Oc3ccccc3)c2-c2ccc(C)cc2)cc1.O=P(O)(O)OP(=O)(O)O. The van der Waals surface area contributed by atoms with Gasteiger partial charge in [0.05, 0.1) is 5.56 Å². The lowest BCUT2D eigenvalue weighted by atomic mass is 9.95. The Hall–Kier alpha value is -4.04. The molecule has 222 valence electrons. The minimum atomic E-state index is -5.05. The van der Waals surface area contributed by atoms with E-state index < -0.39 is 15.6 Å². The normalized spacial score (nSPS) is 11.3. The van der Waals surface area contributed by atoms with Crippen LogP contribution < -0.4 is 9.47 Å². The lowest BCUT2D eigenvalue weighted by molar-refractivity contribution is 0.225. The molecule has 0 atom stereocenters. The zero-order chi connectivity index (χ0) is 31.0. The molecule has 0 fully saturated rings. The third-order valence-electron chi connectivity index (χ3n) is 5.97. The van der Waals surface area contributed by atoms with Gasteiger partial charge in [-0.05, 0) is 61.4 Å². The Morgan fingerprint density at radius 3 is 1.51 bits per heavy atom. The van der Waals surface area contributed by atoms with E-state index in [4.69, 9.17) is 29.0 Å². The summed E-state index contributed by atoms with van der Waals surface area (Å²) in [6, 6.07) is 40.9. The minimum Gasteiger partial charge on any atom is -0.457 e. The molecule has 0 spiro atoms. The Balaban J connectivity index is 0.000000410. The van der Waals surface area contributed by atoms with Gasteiger partial charge in [-0.3, -0.25) is 0 Å². The molecule has 0 bridgehead atoms. The molecule has 5 aromatic rings. The highest BCUT2D eigenvalue weighted by atomic mass is 31.3. The summed E-state index contributed by atoms with van der Waals surface area (Å²) in [6.45, 7) is 4.16. The highest BCUT2D eigenvalue weighted by Gasteiger charge is 2.28. The van der Waals surface area contributed by atoms with Gasteiger partial charge in [0.25, 0.3) is 0 Å². The number of rotatable bonds is 8. The first kappa shape index (κ1) is 31.9. The number of ether oxygens (including phenoxy) is 2. The third-order valence-corrected chi connectivity index (χ3v) is 7.67. The topological polar surface area (TPSA) is 143 Å². The molecular formula is C32H30O9P2. The number of para-hydroxylation sites is 1. The summed E-state index contributed by atoms with van der Waals surface area (Å²) in [5, 5.41) is 0. The summed E-state index contributed by atoms with van der Waals surface area (Å²) in [4.78, 5) is 31.0. The highest BCUT2D eigenvalue weighted by molar-refractivity contribution is 7.60. The Morgan fingerprint density at radius 1 is 0.512 bits per heavy atom. The van der Waals surface area contributed by atoms with Crippen LogP contribution in [0.25, 0.3) is 22.3 Å². The predicted octanol–water partition coefficient (Wildman–Crippen LogP) is 8.41. The smallest absolute Gasteiger partial charge is 0.457 e. The van der Waals surface area contributed by atoms with E-state index in [1.165, 1.54) is 11.1 Å². The first-order chi connectivity index (χ1) is 20.4. The first-order valence-corrected chi connectivity index (χ1v) is 16.0. The van der Waals surface area contributed by atoms with Gasteiger partial charge in [-0.25, -0.2) is 9.13 Å². The van der Waals surface area contributed by atoms with Crippen molar-refractivity contribution < 1.29 is 42.5 Å². The maximum absolute atomic E-state index is 9.63. The second-order valence-corrected chi connectivity index (χ2v) is 12.1. The monoisotopic (exact) mass is 620 g/mol. The molecule has 0 saturated heterocycles. The van der Waals surface area contributed by atoms with Crippen molar-refractivity contribution in [3.05, 3.63) is 132 Å². The molecule has 9 nitrogen and oxygen atoms in total. The van der Waals surface area contributed by atoms with E-state index in [0.717, 1.165) is 45.3 Å². The van der Waals surface area contributed by atoms with Crippen molar-refractivity contribution in [1.82, 2.24) is 0 Å². The van der Waals surface area contributed by atoms with Gasteiger partial charge in [-0.15, -0.1) is 0 Å². The fraction of sp³-hybridized carbons (Fsp3) is 0.0625. The Bertz CT molecular complexity index is 1710. The molecule has 0 aromatic heterocycles. The van der Waals surface area contributed by atoms with Crippen molar-refractivity contribution in [2.75, 3.05) is 0 Å². The van der Waals surface area contributed by atoms with Gasteiger partial charge >= 0.3 is 15.6 Å². The van der Waals surface area contributed by atoms with E-state index in [-0.39, 0.29) is 0 Å². The van der Waals surface area contributed by atoms with Crippen molar-refractivity contribution >= 4 is 15.6 Å². The van der Waals surface area contributed by atoms with Crippen molar-refractivity contribution in [3.63, 3.8) is 0 Å². The van der Waals surface area contributed by atoms with Gasteiger partial charge in [0.2, 0.25) is 0 Å². The predicted molar refractivity (Wildman–Crippen MR) is 165 cm³/mol. The Labute approximate surface area is 249 Å². The van der Waals surface area contributed by atoms with Crippen molar-refractivity contribution in [3.8, 4) is 45.3 Å². The standard InChI is InChI=1S/C32H26O2.H4O7P2/c1-23-13-17-26(18-14-23)31-30(33-28-19-15-24(2)16-20-28)22-21-29(25-9-5-3-6-10-25)32(31)34-27-11-7-4-8-12-27;1-8(2,3)7-9(4,5)6/h3-22H,1-2H3;(H2,1,2,3)(H2,4,5,6). The fourth-order valence-electron chi connectivity index (χ4n) is 4.07. The highest BCUT2D eigenvalue weighted by Crippen LogP contribution is 2.54. The molecule has 5 rings (SSSR count). The second kappa shape index (κ2) is 14.0. The second-order valence-electron chi connectivity index (χ2n) is 9.44. The quantitative estimate of drug-likeness (QED) is 0.126. The molecule has 0 saturated carbocycles. The zero-order valence-electron chi connectivity index (χ0n) is 23.3. The van der Waals surface area contributed by atoms with Crippen LogP contribution in [0, 0.1) is 13.8 Å². The molecule has 0 aliphatic rings. The number of benzene rings is 5. The molecule has 0 amide bonds. The van der Waals surface area contributed by atoms with Crippen LogP contribution in [0.4, 0.5) is 0 Å². The molecular weight excluding hydrogens is 590 g/mol. The average Bonchev–Trinajstić information content (AvgIpc) is 2.95. The van der Waals surface area contributed by atoms with Crippen LogP contribution in [0.5, 0.6) is 23.0 Å². The minimum absolute atomic E-state index is 0.748. The van der Waals surface area contributed by atoms with Crippen molar-refractivity contribution in [1.29, 1.82) is 0 Å². The molecule has 0 unspecified atom stereocenters. The van der Waals surface area contributed by atoms with Crippen LogP contribution in [0.1, 0.15) is 11.1 Å². The van der Waals surface area contributed by atoms with Gasteiger partial charge in [-0.1, -0.05) is 96.1 Å². The number of hydrogen-bond donors (Lipinski definition) is 4. The van der Waals surface area contributed by atoms with E-state index in [1.807, 2.05) is 66.7 Å². The molecule has 0 aliphatic heterocycles. The number of phosphoric acid groups is 2. The molecule has 0 radical (unpaired) electrons. The summed E-state index contributed by atoms with van der Waals surface area (Å²) < 4.78 is 35.2. The molecule has 5 aromatic carbocycles. The summed E-state index contributed by atoms with van der Waals surface area (Å²) in [6.07, 6.45) is 0. The van der Waals surface area contributed by atoms with Crippen LogP contribution in [-0.2, 0) is 13.4 Å². The Kier molecular flexibility index (Phi) is 10.3. The lowest BCUT2D eigenvalue weighted by Crippen LogP contribution is -1.96. The maximum atomic E-state index is 9.63. The summed E-state index contributed by atoms with van der Waals surface area (Å²) in [5.74, 6) is 3.08. The van der Waals surface area contributed by atoms with Gasteiger partial charge in [0, 0.05) is 5.56 Å². The fourth-order valence-corrected chi connectivity index (χ4v) is 5.18. The van der Waals surface area contributed by atoms with Crippen molar-refractivity contribution in [2.24, 2.45) is 0 Å². The third kappa shape index (κ3) is 9.75. The lowest BCUT2D eigenvalue weighted by Gasteiger charge is -2.20. The summed E-state index contributed by atoms with van der Waals surface area (Å²) in [5.41, 5.74) is 6.45. The summed E-state index contributed by atoms with van der Waals surface area (Å²) in [7, 11) is -10.1. The maximum Gasteiger partial charge on any atom is 0.478 e. The zero-order valence-corrected chi connectivity index (χ0v) is 25.1. The molecule has 4 N–H and O–H groups in total. The van der Waals surface area contributed by atoms with E-state index in [2.05, 4.69) is 72.8 Å². The summed E-state index contributed by atoms with van der Waals surface area (Å²) >= 11 is 0. The van der Waals surface area contributed by atoms with E-state index in [0.29, 0.717) is 0 Å².